The second-order valence-electron chi connectivity index (χ2n) is 13.7. The fourth-order valence-corrected chi connectivity index (χ4v) is 5.58. The van der Waals surface area contributed by atoms with Crippen molar-refractivity contribution in [3.8, 4) is 0 Å². The monoisotopic (exact) mass is 661 g/mol. The van der Waals surface area contributed by atoms with E-state index < -0.39 is 11.1 Å². The molecule has 0 aliphatic heterocycles. The topological polar surface area (TPSA) is 108 Å². The zero-order valence-corrected chi connectivity index (χ0v) is 31.9. The third kappa shape index (κ3) is 21.2. The van der Waals surface area contributed by atoms with Gasteiger partial charge in [-0.15, -0.1) is 0 Å². The summed E-state index contributed by atoms with van der Waals surface area (Å²) in [6, 6.07) is 0. The van der Waals surface area contributed by atoms with Gasteiger partial charge in [0.1, 0.15) is 22.9 Å². The van der Waals surface area contributed by atoms with Gasteiger partial charge in [0, 0.05) is 42.9 Å². The summed E-state index contributed by atoms with van der Waals surface area (Å²) >= 11 is 1.83. The van der Waals surface area contributed by atoms with Crippen molar-refractivity contribution in [2.75, 3.05) is 53.3 Å². The van der Waals surface area contributed by atoms with Crippen molar-refractivity contribution in [1.82, 2.24) is 4.90 Å². The van der Waals surface area contributed by atoms with Gasteiger partial charge in [-0.1, -0.05) is 55.4 Å². The Morgan fingerprint density at radius 3 is 1.44 bits per heavy atom. The van der Waals surface area contributed by atoms with Crippen LogP contribution in [-0.4, -0.2) is 103 Å². The normalized spacial score (nSPS) is 12.4. The van der Waals surface area contributed by atoms with E-state index in [1.54, 1.807) is 11.9 Å². The van der Waals surface area contributed by atoms with E-state index in [-0.39, 0.29) is 105 Å². The first-order valence-electron chi connectivity index (χ1n) is 16.6. The van der Waals surface area contributed by atoms with E-state index >= 15 is 0 Å². The molecule has 10 heteroatoms. The van der Waals surface area contributed by atoms with Gasteiger partial charge >= 0.3 is 0 Å². The van der Waals surface area contributed by atoms with E-state index in [0.29, 0.717) is 11.9 Å². The standard InChI is InChI=1S/C33H61NO8S.C2H6/c1-24(2)28(36)14-17-40-22-33(21-39-16-13-27(7)35,23-41-18-15-29(37)25(3)4)34(12)30(38)19-31(8,9)42-20-32(10,11)43-26(5)6;1-2/h24-26H,13-23H2,1-12H3;1-2H3. The summed E-state index contributed by atoms with van der Waals surface area (Å²) in [4.78, 5) is 51.3. The van der Waals surface area contributed by atoms with Crippen LogP contribution < -0.4 is 0 Å². The minimum absolute atomic E-state index is 0.000575. The van der Waals surface area contributed by atoms with E-state index in [4.69, 9.17) is 18.9 Å². The summed E-state index contributed by atoms with van der Waals surface area (Å²) in [6.07, 6.45) is 0.863. The van der Waals surface area contributed by atoms with Gasteiger partial charge in [0.05, 0.1) is 58.3 Å². The van der Waals surface area contributed by atoms with Gasteiger partial charge in [-0.3, -0.25) is 19.2 Å². The number of hydrogen-bond acceptors (Lipinski definition) is 9. The lowest BCUT2D eigenvalue weighted by Gasteiger charge is -2.42. The summed E-state index contributed by atoms with van der Waals surface area (Å²) in [5, 5.41) is 0.449. The molecule has 0 unspecified atom stereocenters. The third-order valence-electron chi connectivity index (χ3n) is 7.01. The van der Waals surface area contributed by atoms with Crippen LogP contribution in [-0.2, 0) is 38.1 Å². The Labute approximate surface area is 279 Å². The minimum Gasteiger partial charge on any atom is -0.378 e. The van der Waals surface area contributed by atoms with E-state index in [0.717, 1.165) is 0 Å². The van der Waals surface area contributed by atoms with Crippen LogP contribution in [0.1, 0.15) is 116 Å². The highest BCUT2D eigenvalue weighted by Gasteiger charge is 2.41. The number of thioether (sulfide) groups is 1. The highest BCUT2D eigenvalue weighted by atomic mass is 32.2. The minimum atomic E-state index is -1.06. The van der Waals surface area contributed by atoms with Gasteiger partial charge in [-0.2, -0.15) is 11.8 Å². The van der Waals surface area contributed by atoms with Gasteiger partial charge in [0.2, 0.25) is 5.91 Å². The summed E-state index contributed by atoms with van der Waals surface area (Å²) in [6.45, 7) is 26.5. The van der Waals surface area contributed by atoms with Crippen molar-refractivity contribution in [2.24, 2.45) is 11.8 Å². The first kappa shape index (κ1) is 45.8. The molecule has 0 saturated carbocycles. The maximum absolute atomic E-state index is 13.8. The van der Waals surface area contributed by atoms with Crippen LogP contribution >= 0.6 is 11.8 Å². The molecule has 0 aliphatic carbocycles. The van der Waals surface area contributed by atoms with Crippen LogP contribution in [0.5, 0.6) is 0 Å². The molecule has 0 N–H and O–H groups in total. The molecule has 9 nitrogen and oxygen atoms in total. The molecule has 0 aromatic rings. The molecule has 0 spiro atoms. The second-order valence-corrected chi connectivity index (χ2v) is 16.0. The largest absolute Gasteiger partial charge is 0.378 e. The SMILES string of the molecule is CC.CC(=O)CCOCC(COCCC(=O)C(C)C)(COCCC(=O)C(C)C)N(C)C(=O)CC(C)(C)OCC(C)(C)SC(C)C. The fourth-order valence-electron chi connectivity index (χ4n) is 4.18. The molecular weight excluding hydrogens is 594 g/mol. The third-order valence-corrected chi connectivity index (χ3v) is 8.24. The lowest BCUT2D eigenvalue weighted by molar-refractivity contribution is -0.156. The van der Waals surface area contributed by atoms with Gasteiger partial charge in [0.25, 0.3) is 0 Å². The molecule has 0 fully saturated rings. The van der Waals surface area contributed by atoms with Crippen molar-refractivity contribution >= 4 is 35.0 Å². The number of ketones is 3. The highest BCUT2D eigenvalue weighted by Crippen LogP contribution is 2.31. The lowest BCUT2D eigenvalue weighted by atomic mass is 9.97. The van der Waals surface area contributed by atoms with Crippen molar-refractivity contribution in [3.63, 3.8) is 0 Å². The Kier molecular flexibility index (Phi) is 23.5. The van der Waals surface area contributed by atoms with Crippen LogP contribution in [0, 0.1) is 11.8 Å². The zero-order chi connectivity index (χ0) is 35.4. The average molecular weight is 662 g/mol. The van der Waals surface area contributed by atoms with Crippen LogP contribution in [0.3, 0.4) is 0 Å². The van der Waals surface area contributed by atoms with Crippen molar-refractivity contribution < 1.29 is 38.1 Å². The quantitative estimate of drug-likeness (QED) is 0.100. The number of rotatable bonds is 25. The Balaban J connectivity index is 0. The molecule has 0 aromatic heterocycles. The second kappa shape index (κ2) is 23.1. The summed E-state index contributed by atoms with van der Waals surface area (Å²) in [5.74, 6) is -0.194. The number of likely N-dealkylation sites (N-methyl/N-ethyl adjacent to an activating group) is 1. The molecule has 0 rings (SSSR count). The molecule has 0 radical (unpaired) electrons. The van der Waals surface area contributed by atoms with Gasteiger partial charge < -0.3 is 23.8 Å². The Morgan fingerprint density at radius 1 is 0.689 bits per heavy atom. The lowest BCUT2D eigenvalue weighted by Crippen LogP contribution is -2.60. The van der Waals surface area contributed by atoms with E-state index in [1.807, 2.05) is 67.2 Å². The molecule has 266 valence electrons. The van der Waals surface area contributed by atoms with Crippen LogP contribution in [0.25, 0.3) is 0 Å². The number of ether oxygens (including phenoxy) is 4. The van der Waals surface area contributed by atoms with Crippen LogP contribution in [0.4, 0.5) is 0 Å². The van der Waals surface area contributed by atoms with Gasteiger partial charge in [-0.05, 0) is 39.9 Å². The van der Waals surface area contributed by atoms with E-state index in [9.17, 15) is 19.2 Å². The molecule has 0 aliphatic rings. The van der Waals surface area contributed by atoms with Crippen LogP contribution in [0.15, 0.2) is 0 Å². The first-order chi connectivity index (χ1) is 20.7. The summed E-state index contributed by atoms with van der Waals surface area (Å²) in [5.41, 5.74) is -1.80. The number of nitrogens with zero attached hydrogens (tertiary/aromatic N) is 1. The maximum Gasteiger partial charge on any atom is 0.225 e. The summed E-state index contributed by atoms with van der Waals surface area (Å²) in [7, 11) is 1.69. The number of carbonyl (C=O) groups is 4. The van der Waals surface area contributed by atoms with E-state index in [1.165, 1.54) is 6.92 Å². The predicted molar refractivity (Wildman–Crippen MR) is 185 cm³/mol. The average Bonchev–Trinajstić information content (AvgIpc) is 2.93. The number of amides is 1. The van der Waals surface area contributed by atoms with Crippen LogP contribution in [0.2, 0.25) is 0 Å². The molecule has 1 amide bonds. The molecule has 0 bridgehead atoms. The fraction of sp³-hybridized carbons (Fsp3) is 0.886. The Hall–Kier alpha value is -1.33. The predicted octanol–water partition coefficient (Wildman–Crippen LogP) is 6.57. The molecule has 0 heterocycles. The maximum atomic E-state index is 13.8. The van der Waals surface area contributed by atoms with Crippen molar-refractivity contribution in [2.45, 2.75) is 137 Å². The molecule has 45 heavy (non-hydrogen) atoms. The summed E-state index contributed by atoms with van der Waals surface area (Å²) < 4.78 is 24.1. The Morgan fingerprint density at radius 2 is 1.09 bits per heavy atom. The smallest absolute Gasteiger partial charge is 0.225 e. The van der Waals surface area contributed by atoms with Gasteiger partial charge in [0.15, 0.2) is 0 Å². The number of hydrogen-bond donors (Lipinski definition) is 0. The molecule has 0 saturated heterocycles. The van der Waals surface area contributed by atoms with Gasteiger partial charge in [-0.25, -0.2) is 0 Å². The molecule has 0 atom stereocenters. The molecular formula is C35H67NO8S. The first-order valence-corrected chi connectivity index (χ1v) is 17.5. The van der Waals surface area contributed by atoms with E-state index in [2.05, 4.69) is 27.7 Å². The zero-order valence-electron chi connectivity index (χ0n) is 31.1. The van der Waals surface area contributed by atoms with Crippen molar-refractivity contribution in [3.05, 3.63) is 0 Å². The number of carbonyl (C=O) groups excluding carboxylic acids is 4. The van der Waals surface area contributed by atoms with Crippen molar-refractivity contribution in [1.29, 1.82) is 0 Å². The highest BCUT2D eigenvalue weighted by molar-refractivity contribution is 8.01. The number of Topliss-reactive ketones (excluding diaryl/α,β-unsaturated/α-hetero) is 3. The Bertz CT molecular complexity index is 842. The molecule has 0 aromatic carbocycles.